The summed E-state index contributed by atoms with van der Waals surface area (Å²) in [4.78, 5) is 11.4. The quantitative estimate of drug-likeness (QED) is 0.429. The van der Waals surface area contributed by atoms with E-state index in [0.717, 1.165) is 17.5 Å². The van der Waals surface area contributed by atoms with E-state index in [0.29, 0.717) is 0 Å². The van der Waals surface area contributed by atoms with Crippen molar-refractivity contribution in [3.63, 3.8) is 0 Å². The van der Waals surface area contributed by atoms with Crippen LogP contribution in [0, 0.1) is 0 Å². The minimum absolute atomic E-state index is 0.0996. The Labute approximate surface area is 159 Å². The zero-order valence-electron chi connectivity index (χ0n) is 17.2. The summed E-state index contributed by atoms with van der Waals surface area (Å²) in [6.45, 7) is 15.2. The molecule has 140 valence electrons. The molecule has 0 bridgehead atoms. The number of ketones is 1. The van der Waals surface area contributed by atoms with E-state index in [2.05, 4.69) is 65.1 Å². The van der Waals surface area contributed by atoms with E-state index in [1.165, 1.54) is 11.1 Å². The van der Waals surface area contributed by atoms with Gasteiger partial charge in [-0.3, -0.25) is 4.79 Å². The molecule has 0 spiro atoms. The molecule has 0 aliphatic rings. The molecule has 0 heterocycles. The van der Waals surface area contributed by atoms with Gasteiger partial charge in [-0.05, 0) is 55.1 Å². The summed E-state index contributed by atoms with van der Waals surface area (Å²) in [7, 11) is -1.73. The van der Waals surface area contributed by atoms with Gasteiger partial charge in [0.1, 0.15) is 0 Å². The molecule has 0 aliphatic carbocycles. The summed E-state index contributed by atoms with van der Waals surface area (Å²) < 4.78 is 6.46. The van der Waals surface area contributed by atoms with Gasteiger partial charge in [0.05, 0.1) is 0 Å². The van der Waals surface area contributed by atoms with Crippen LogP contribution in [0.2, 0.25) is 18.1 Å². The first-order chi connectivity index (χ1) is 12.0. The van der Waals surface area contributed by atoms with Gasteiger partial charge in [0, 0.05) is 11.7 Å². The third kappa shape index (κ3) is 5.15. The van der Waals surface area contributed by atoms with Gasteiger partial charge in [-0.1, -0.05) is 69.3 Å². The summed E-state index contributed by atoms with van der Waals surface area (Å²) >= 11 is 0. The molecule has 2 aromatic rings. The van der Waals surface area contributed by atoms with E-state index in [4.69, 9.17) is 4.43 Å². The van der Waals surface area contributed by atoms with Gasteiger partial charge in [0.2, 0.25) is 0 Å². The van der Waals surface area contributed by atoms with Gasteiger partial charge in [0.15, 0.2) is 14.1 Å². The fourth-order valence-electron chi connectivity index (χ4n) is 2.78. The van der Waals surface area contributed by atoms with E-state index in [1.54, 1.807) is 6.92 Å². The van der Waals surface area contributed by atoms with Crippen molar-refractivity contribution in [1.82, 2.24) is 0 Å². The predicted molar refractivity (Wildman–Crippen MR) is 113 cm³/mol. The molecule has 2 aromatic carbocycles. The normalized spacial score (nSPS) is 13.5. The average Bonchev–Trinajstić information content (AvgIpc) is 2.54. The van der Waals surface area contributed by atoms with Crippen molar-refractivity contribution in [2.24, 2.45) is 0 Å². The standard InChI is InChI=1S/C23H32O2Si/c1-17(25-26(6,7)23(3,4)5)16-19-8-10-21(11-9-19)22-14-12-20(13-15-22)18(2)24/h8-15,17H,16H2,1-7H3. The van der Waals surface area contributed by atoms with Crippen LogP contribution in [-0.4, -0.2) is 20.2 Å². The lowest BCUT2D eigenvalue weighted by atomic mass is 10.00. The molecule has 2 nitrogen and oxygen atoms in total. The highest BCUT2D eigenvalue weighted by atomic mass is 28.4. The van der Waals surface area contributed by atoms with Crippen molar-refractivity contribution >= 4 is 14.1 Å². The minimum atomic E-state index is -1.73. The van der Waals surface area contributed by atoms with Crippen molar-refractivity contribution < 1.29 is 9.22 Å². The van der Waals surface area contributed by atoms with Crippen LogP contribution in [0.15, 0.2) is 48.5 Å². The van der Waals surface area contributed by atoms with Gasteiger partial charge in [-0.25, -0.2) is 0 Å². The summed E-state index contributed by atoms with van der Waals surface area (Å²) in [5.74, 6) is 0.0996. The summed E-state index contributed by atoms with van der Waals surface area (Å²) in [6.07, 6.45) is 1.15. The lowest BCUT2D eigenvalue weighted by Crippen LogP contribution is -2.43. The molecule has 2 rings (SSSR count). The molecule has 0 N–H and O–H groups in total. The van der Waals surface area contributed by atoms with Crippen molar-refractivity contribution in [2.45, 2.75) is 65.3 Å². The molecule has 1 atom stereocenters. The number of carbonyl (C=O) groups is 1. The molecule has 0 fully saturated rings. The minimum Gasteiger partial charge on any atom is -0.414 e. The van der Waals surface area contributed by atoms with Gasteiger partial charge in [0.25, 0.3) is 0 Å². The average molecular weight is 369 g/mol. The fourth-order valence-corrected chi connectivity index (χ4v) is 4.23. The third-order valence-corrected chi connectivity index (χ3v) is 10.0. The van der Waals surface area contributed by atoms with Crippen LogP contribution < -0.4 is 0 Å². The first-order valence-electron chi connectivity index (χ1n) is 9.38. The van der Waals surface area contributed by atoms with E-state index in [9.17, 15) is 4.79 Å². The SMILES string of the molecule is CC(=O)c1ccc(-c2ccc(CC(C)O[Si](C)(C)C(C)(C)C)cc2)cc1. The molecule has 0 aromatic heterocycles. The Bertz CT molecular complexity index is 737. The molecular weight excluding hydrogens is 336 g/mol. The van der Waals surface area contributed by atoms with Crippen LogP contribution in [0.5, 0.6) is 0 Å². The van der Waals surface area contributed by atoms with Crippen LogP contribution in [-0.2, 0) is 10.8 Å². The molecule has 0 saturated heterocycles. The summed E-state index contributed by atoms with van der Waals surface area (Å²) in [5, 5.41) is 0.233. The monoisotopic (exact) mass is 368 g/mol. The van der Waals surface area contributed by atoms with Crippen LogP contribution in [0.25, 0.3) is 11.1 Å². The molecular formula is C23H32O2Si. The lowest BCUT2D eigenvalue weighted by Gasteiger charge is -2.38. The first-order valence-corrected chi connectivity index (χ1v) is 12.3. The van der Waals surface area contributed by atoms with E-state index < -0.39 is 8.32 Å². The maximum absolute atomic E-state index is 11.4. The molecule has 1 unspecified atom stereocenters. The zero-order valence-corrected chi connectivity index (χ0v) is 18.2. The summed E-state index contributed by atoms with van der Waals surface area (Å²) in [6, 6.07) is 16.5. The van der Waals surface area contributed by atoms with Gasteiger partial charge < -0.3 is 4.43 Å². The van der Waals surface area contributed by atoms with Gasteiger partial charge in [-0.15, -0.1) is 0 Å². The largest absolute Gasteiger partial charge is 0.414 e. The van der Waals surface area contributed by atoms with Crippen LogP contribution in [0.4, 0.5) is 0 Å². The second-order valence-corrected chi connectivity index (χ2v) is 13.5. The molecule has 0 amide bonds. The van der Waals surface area contributed by atoms with Crippen LogP contribution in [0.3, 0.4) is 0 Å². The second kappa shape index (κ2) is 7.89. The smallest absolute Gasteiger partial charge is 0.192 e. The topological polar surface area (TPSA) is 26.3 Å². The molecule has 0 saturated carbocycles. The molecule has 0 aliphatic heterocycles. The van der Waals surface area contributed by atoms with Gasteiger partial charge in [-0.2, -0.15) is 0 Å². The van der Waals surface area contributed by atoms with E-state index >= 15 is 0 Å². The fraction of sp³-hybridized carbons (Fsp3) is 0.435. The highest BCUT2D eigenvalue weighted by Crippen LogP contribution is 2.37. The predicted octanol–water partition coefficient (Wildman–Crippen LogP) is 6.51. The first kappa shape index (κ1) is 20.6. The number of carbonyl (C=O) groups excluding carboxylic acids is 1. The zero-order chi connectivity index (χ0) is 19.5. The van der Waals surface area contributed by atoms with Crippen molar-refractivity contribution in [3.05, 3.63) is 59.7 Å². The Hall–Kier alpha value is -1.71. The van der Waals surface area contributed by atoms with Gasteiger partial charge >= 0.3 is 0 Å². The number of benzene rings is 2. The van der Waals surface area contributed by atoms with Crippen molar-refractivity contribution in [2.75, 3.05) is 0 Å². The van der Waals surface area contributed by atoms with E-state index in [1.807, 2.05) is 24.3 Å². The van der Waals surface area contributed by atoms with Crippen molar-refractivity contribution in [1.29, 1.82) is 0 Å². The molecule has 3 heteroatoms. The van der Waals surface area contributed by atoms with Crippen molar-refractivity contribution in [3.8, 4) is 11.1 Å². The Morgan fingerprint density at radius 3 is 1.85 bits per heavy atom. The highest BCUT2D eigenvalue weighted by Gasteiger charge is 2.38. The number of hydrogen-bond donors (Lipinski definition) is 0. The maximum Gasteiger partial charge on any atom is 0.192 e. The summed E-state index contributed by atoms with van der Waals surface area (Å²) in [5.41, 5.74) is 4.34. The van der Waals surface area contributed by atoms with E-state index in [-0.39, 0.29) is 16.9 Å². The number of hydrogen-bond acceptors (Lipinski definition) is 2. The van der Waals surface area contributed by atoms with Crippen LogP contribution in [0.1, 0.15) is 50.5 Å². The Morgan fingerprint density at radius 1 is 0.962 bits per heavy atom. The third-order valence-electron chi connectivity index (χ3n) is 5.40. The molecule has 26 heavy (non-hydrogen) atoms. The lowest BCUT2D eigenvalue weighted by molar-refractivity contribution is 0.101. The highest BCUT2D eigenvalue weighted by molar-refractivity contribution is 6.74. The van der Waals surface area contributed by atoms with Crippen LogP contribution >= 0.6 is 0 Å². The Morgan fingerprint density at radius 2 is 1.42 bits per heavy atom. The Balaban J connectivity index is 2.04. The number of Topliss-reactive ketones (excluding diaryl/α,β-unsaturated/α-hetero) is 1. The Kier molecular flexibility index (Phi) is 6.25. The second-order valence-electron chi connectivity index (χ2n) is 8.72. The number of rotatable bonds is 6. The molecule has 0 radical (unpaired) electrons. The maximum atomic E-state index is 11.4.